The zero-order valence-corrected chi connectivity index (χ0v) is 11.7. The Morgan fingerprint density at radius 3 is 2.73 bits per heavy atom. The molecule has 1 atom stereocenters. The van der Waals surface area contributed by atoms with Crippen molar-refractivity contribution in [3.8, 4) is 0 Å². The molecule has 4 heteroatoms. The van der Waals surface area contributed by atoms with Crippen molar-refractivity contribution in [3.05, 3.63) is 29.3 Å². The Morgan fingerprint density at radius 2 is 2.27 bits per heavy atom. The molecule has 0 saturated heterocycles. The fraction of sp³-hybridized carbons (Fsp3) is 0.364. The summed E-state index contributed by atoms with van der Waals surface area (Å²) in [4.78, 5) is 12.2. The summed E-state index contributed by atoms with van der Waals surface area (Å²) in [5.41, 5.74) is 2.02. The van der Waals surface area contributed by atoms with Crippen molar-refractivity contribution in [3.63, 3.8) is 0 Å². The van der Waals surface area contributed by atoms with E-state index in [9.17, 15) is 4.79 Å². The Bertz CT molecular complexity index is 368. The molecular weight excluding hydrogens is 296 g/mol. The summed E-state index contributed by atoms with van der Waals surface area (Å²) in [6.45, 7) is 1.57. The Kier molecular flexibility index (Phi) is 5.16. The first-order valence-electron chi connectivity index (χ1n) is 4.48. The van der Waals surface area contributed by atoms with Crippen molar-refractivity contribution in [2.75, 3.05) is 6.26 Å². The third-order valence-electron chi connectivity index (χ3n) is 2.15. The molecule has 0 heterocycles. The van der Waals surface area contributed by atoms with Gasteiger partial charge in [-0.25, -0.2) is 0 Å². The minimum Gasteiger partial charge on any atom is -0.298 e. The van der Waals surface area contributed by atoms with Crippen LogP contribution in [0.4, 0.5) is 0 Å². The van der Waals surface area contributed by atoms with Crippen molar-refractivity contribution in [1.82, 2.24) is 0 Å². The Balaban J connectivity index is 3.22. The van der Waals surface area contributed by atoms with Crippen molar-refractivity contribution < 1.29 is 4.79 Å². The largest absolute Gasteiger partial charge is 0.298 e. The van der Waals surface area contributed by atoms with Crippen LogP contribution in [-0.4, -0.2) is 12.0 Å². The van der Waals surface area contributed by atoms with Gasteiger partial charge < -0.3 is 0 Å². The highest BCUT2D eigenvalue weighted by Gasteiger charge is 2.17. The molecule has 1 rings (SSSR count). The van der Waals surface area contributed by atoms with Crippen molar-refractivity contribution >= 4 is 45.1 Å². The van der Waals surface area contributed by atoms with E-state index >= 15 is 0 Å². The molecule has 1 aromatic carbocycles. The van der Waals surface area contributed by atoms with E-state index in [4.69, 9.17) is 11.6 Å². The predicted octanol–water partition coefficient (Wildman–Crippen LogP) is 4.17. The van der Waals surface area contributed by atoms with Crippen LogP contribution in [0.3, 0.4) is 0 Å². The molecule has 82 valence electrons. The zero-order chi connectivity index (χ0) is 11.4. The highest BCUT2D eigenvalue weighted by molar-refractivity contribution is 9.09. The Morgan fingerprint density at radius 1 is 1.60 bits per heavy atom. The van der Waals surface area contributed by atoms with Crippen LogP contribution in [0, 0.1) is 0 Å². The van der Waals surface area contributed by atoms with Crippen LogP contribution in [0.15, 0.2) is 23.1 Å². The summed E-state index contributed by atoms with van der Waals surface area (Å²) in [5.74, 6) is 0.529. The quantitative estimate of drug-likeness (QED) is 0.613. The molecular formula is C11H12BrClOS. The lowest BCUT2D eigenvalue weighted by atomic mass is 10.0. The van der Waals surface area contributed by atoms with Crippen LogP contribution < -0.4 is 0 Å². The Hall–Kier alpha value is 0.01000. The first kappa shape index (κ1) is 13.1. The molecule has 0 N–H and O–H groups in total. The van der Waals surface area contributed by atoms with Gasteiger partial charge in [-0.2, -0.15) is 0 Å². The lowest BCUT2D eigenvalue weighted by Gasteiger charge is -2.14. The number of hydrogen-bond donors (Lipinski definition) is 0. The minimum atomic E-state index is -0.252. The molecule has 0 aromatic heterocycles. The maximum absolute atomic E-state index is 11.3. The van der Waals surface area contributed by atoms with Gasteiger partial charge in [0.15, 0.2) is 0 Å². The van der Waals surface area contributed by atoms with E-state index in [0.29, 0.717) is 5.88 Å². The van der Waals surface area contributed by atoms with Gasteiger partial charge in [-0.15, -0.1) is 23.4 Å². The molecule has 0 saturated carbocycles. The third-order valence-corrected chi connectivity index (χ3v) is 4.38. The third kappa shape index (κ3) is 2.99. The van der Waals surface area contributed by atoms with Crippen LogP contribution in [0.25, 0.3) is 0 Å². The van der Waals surface area contributed by atoms with E-state index in [1.165, 1.54) is 0 Å². The number of hydrogen-bond acceptors (Lipinski definition) is 2. The van der Waals surface area contributed by atoms with Crippen LogP contribution in [-0.2, 0) is 10.7 Å². The highest BCUT2D eigenvalue weighted by atomic mass is 79.9. The summed E-state index contributed by atoms with van der Waals surface area (Å²) in [5, 5.41) is 0. The smallest absolute Gasteiger partial charge is 0.147 e. The number of carbonyl (C=O) groups excluding carboxylic acids is 1. The molecule has 1 nitrogen and oxygen atoms in total. The summed E-state index contributed by atoms with van der Waals surface area (Å²) < 4.78 is 0. The second-order valence-electron chi connectivity index (χ2n) is 3.13. The molecule has 1 aromatic rings. The number of thioether (sulfide) groups is 1. The summed E-state index contributed by atoms with van der Waals surface area (Å²) in [6.07, 6.45) is 2.01. The van der Waals surface area contributed by atoms with E-state index in [2.05, 4.69) is 15.9 Å². The molecule has 0 aliphatic heterocycles. The van der Waals surface area contributed by atoms with Crippen LogP contribution >= 0.6 is 39.3 Å². The van der Waals surface area contributed by atoms with Gasteiger partial charge in [0.2, 0.25) is 0 Å². The average molecular weight is 308 g/mol. The van der Waals surface area contributed by atoms with Gasteiger partial charge in [-0.05, 0) is 30.4 Å². The number of carbonyl (C=O) groups is 1. The number of rotatable bonds is 4. The average Bonchev–Trinajstić information content (AvgIpc) is 2.26. The molecule has 0 radical (unpaired) electrons. The van der Waals surface area contributed by atoms with Gasteiger partial charge in [0.1, 0.15) is 5.78 Å². The first-order valence-corrected chi connectivity index (χ1v) is 7.15. The standard InChI is InChI=1S/C11H12BrClOS/c1-7(14)11(12)8-4-3-5-10(15-2)9(8)6-13/h3-5,11H,6H2,1-2H3. The Labute approximate surface area is 108 Å². The minimum absolute atomic E-state index is 0.0969. The number of benzene rings is 1. The van der Waals surface area contributed by atoms with Crippen molar-refractivity contribution in [2.24, 2.45) is 0 Å². The number of alkyl halides is 2. The number of ketones is 1. The van der Waals surface area contributed by atoms with E-state index in [1.54, 1.807) is 18.7 Å². The van der Waals surface area contributed by atoms with E-state index in [1.807, 2.05) is 24.5 Å². The fourth-order valence-corrected chi connectivity index (χ4v) is 2.83. The van der Waals surface area contributed by atoms with Gasteiger partial charge in [0.05, 0.1) is 4.83 Å². The molecule has 1 unspecified atom stereocenters. The fourth-order valence-electron chi connectivity index (χ4n) is 1.37. The molecule has 0 fully saturated rings. The molecule has 0 amide bonds. The van der Waals surface area contributed by atoms with E-state index in [0.717, 1.165) is 16.0 Å². The monoisotopic (exact) mass is 306 g/mol. The zero-order valence-electron chi connectivity index (χ0n) is 8.59. The normalized spacial score (nSPS) is 12.5. The highest BCUT2D eigenvalue weighted by Crippen LogP contribution is 2.33. The maximum atomic E-state index is 11.3. The van der Waals surface area contributed by atoms with Gasteiger partial charge in [-0.1, -0.05) is 28.1 Å². The first-order chi connectivity index (χ1) is 7.11. The topological polar surface area (TPSA) is 17.1 Å². The second kappa shape index (κ2) is 5.92. The van der Waals surface area contributed by atoms with E-state index < -0.39 is 0 Å². The lowest BCUT2D eigenvalue weighted by Crippen LogP contribution is -2.04. The van der Waals surface area contributed by atoms with Gasteiger partial charge >= 0.3 is 0 Å². The SMILES string of the molecule is CSc1cccc(C(Br)C(C)=O)c1CCl. The molecule has 15 heavy (non-hydrogen) atoms. The maximum Gasteiger partial charge on any atom is 0.147 e. The van der Waals surface area contributed by atoms with Gasteiger partial charge in [-0.3, -0.25) is 4.79 Å². The van der Waals surface area contributed by atoms with Crippen molar-refractivity contribution in [1.29, 1.82) is 0 Å². The van der Waals surface area contributed by atoms with Crippen LogP contribution in [0.1, 0.15) is 22.9 Å². The molecule has 0 aliphatic rings. The summed E-state index contributed by atoms with van der Waals surface area (Å²) in [6, 6.07) is 5.92. The summed E-state index contributed by atoms with van der Waals surface area (Å²) in [7, 11) is 0. The number of Topliss-reactive ketones (excluding diaryl/α,β-unsaturated/α-hetero) is 1. The second-order valence-corrected chi connectivity index (χ2v) is 5.17. The van der Waals surface area contributed by atoms with E-state index in [-0.39, 0.29) is 10.6 Å². The van der Waals surface area contributed by atoms with Crippen molar-refractivity contribution in [2.45, 2.75) is 22.5 Å². The van der Waals surface area contributed by atoms with Crippen LogP contribution in [0.2, 0.25) is 0 Å². The summed E-state index contributed by atoms with van der Waals surface area (Å²) >= 11 is 11.0. The molecule has 0 aliphatic carbocycles. The van der Waals surface area contributed by atoms with Gasteiger partial charge in [0.25, 0.3) is 0 Å². The molecule has 0 bridgehead atoms. The molecule has 0 spiro atoms. The van der Waals surface area contributed by atoms with Crippen LogP contribution in [0.5, 0.6) is 0 Å². The number of halogens is 2. The lowest BCUT2D eigenvalue weighted by molar-refractivity contribution is -0.116. The predicted molar refractivity (Wildman–Crippen MR) is 70.1 cm³/mol. The van der Waals surface area contributed by atoms with Gasteiger partial charge in [0, 0.05) is 10.8 Å².